The van der Waals surface area contributed by atoms with Crippen LogP contribution >= 0.6 is 11.3 Å². The first-order valence-electron chi connectivity index (χ1n) is 7.49. The van der Waals surface area contributed by atoms with Gasteiger partial charge in [0.2, 0.25) is 5.88 Å². The number of hydrogen-bond donors (Lipinski definition) is 0. The van der Waals surface area contributed by atoms with E-state index in [9.17, 15) is 4.39 Å². The number of rotatable bonds is 3. The maximum Gasteiger partial charge on any atom is 0.232 e. The van der Waals surface area contributed by atoms with E-state index in [0.717, 1.165) is 4.70 Å². The van der Waals surface area contributed by atoms with Gasteiger partial charge in [0.25, 0.3) is 0 Å². The number of thiazole rings is 1. The first-order valence-corrected chi connectivity index (χ1v) is 8.31. The van der Waals surface area contributed by atoms with Crippen LogP contribution in [0.4, 0.5) is 10.1 Å². The van der Waals surface area contributed by atoms with Crippen molar-refractivity contribution in [1.29, 1.82) is 0 Å². The average Bonchev–Trinajstić information content (AvgIpc) is 3.08. The molecule has 0 aliphatic rings. The van der Waals surface area contributed by atoms with Gasteiger partial charge in [0.05, 0.1) is 48.2 Å². The first-order chi connectivity index (χ1) is 12.6. The Kier molecular flexibility index (Phi) is 3.86. The minimum Gasteiger partial charge on any atom is -0.494 e. The lowest BCUT2D eigenvalue weighted by Crippen LogP contribution is -1.92. The predicted octanol–water partition coefficient (Wildman–Crippen LogP) is 4.61. The maximum absolute atomic E-state index is 14.0. The molecule has 2 aromatic heterocycles. The van der Waals surface area contributed by atoms with Crippen molar-refractivity contribution >= 4 is 38.3 Å². The summed E-state index contributed by atoms with van der Waals surface area (Å²) in [5.41, 5.74) is 2.74. The summed E-state index contributed by atoms with van der Waals surface area (Å²) in [6.07, 6.45) is 1.51. The molecule has 128 valence electrons. The molecule has 4 aromatic rings. The fourth-order valence-corrected chi connectivity index (χ4v) is 3.61. The molecule has 4 rings (SSSR count). The van der Waals surface area contributed by atoms with Crippen molar-refractivity contribution in [3.63, 3.8) is 0 Å². The summed E-state index contributed by atoms with van der Waals surface area (Å²) in [5, 5.41) is 0.627. The van der Waals surface area contributed by atoms with Gasteiger partial charge in [0.1, 0.15) is 5.01 Å². The van der Waals surface area contributed by atoms with Crippen molar-refractivity contribution in [2.75, 3.05) is 14.2 Å². The number of ether oxygens (including phenoxy) is 2. The average molecular weight is 366 g/mol. The monoisotopic (exact) mass is 366 g/mol. The summed E-state index contributed by atoms with van der Waals surface area (Å²) < 4.78 is 24.9. The molecule has 6 nitrogen and oxygen atoms in total. The quantitative estimate of drug-likeness (QED) is 0.495. The molecule has 0 amide bonds. The van der Waals surface area contributed by atoms with Crippen molar-refractivity contribution in [1.82, 2.24) is 15.0 Å². The van der Waals surface area contributed by atoms with Crippen LogP contribution in [0.3, 0.4) is 0 Å². The molecule has 0 bridgehead atoms. The molecular formula is C18H11FN4O2S. The van der Waals surface area contributed by atoms with Crippen LogP contribution < -0.4 is 9.47 Å². The van der Waals surface area contributed by atoms with Gasteiger partial charge >= 0.3 is 0 Å². The van der Waals surface area contributed by atoms with Gasteiger partial charge in [-0.25, -0.2) is 24.2 Å². The van der Waals surface area contributed by atoms with E-state index in [1.165, 1.54) is 37.8 Å². The fraction of sp³-hybridized carbons (Fsp3) is 0.111. The first kappa shape index (κ1) is 16.2. The Hall–Kier alpha value is -3.31. The predicted molar refractivity (Wildman–Crippen MR) is 97.5 cm³/mol. The highest BCUT2D eigenvalue weighted by Crippen LogP contribution is 2.38. The number of fused-ring (bicyclic) bond motifs is 2. The standard InChI is InChI=1S/C18H11FN4O2S/c1-20-9-4-10(17-13(5-9)22-16(25-3)8-21-17)18-23-12-6-11(19)14(24-2)7-15(12)26-18/h4-8H,2-3H3. The van der Waals surface area contributed by atoms with Crippen LogP contribution in [0.15, 0.2) is 30.5 Å². The SMILES string of the molecule is [C-]#[N+]c1cc(-c2nc3cc(F)c(OC)cc3s2)c2ncc(OC)nc2c1. The molecule has 0 unspecified atom stereocenters. The molecule has 2 heterocycles. The largest absolute Gasteiger partial charge is 0.494 e. The van der Waals surface area contributed by atoms with E-state index < -0.39 is 5.82 Å². The molecular weight excluding hydrogens is 355 g/mol. The van der Waals surface area contributed by atoms with E-state index in [1.807, 2.05) is 0 Å². The Morgan fingerprint density at radius 2 is 1.92 bits per heavy atom. The Labute approximate surface area is 151 Å². The van der Waals surface area contributed by atoms with Crippen LogP contribution in [-0.2, 0) is 0 Å². The second-order valence-corrected chi connectivity index (χ2v) is 6.39. The van der Waals surface area contributed by atoms with Crippen LogP contribution in [0.1, 0.15) is 0 Å². The molecule has 0 saturated heterocycles. The molecule has 26 heavy (non-hydrogen) atoms. The third-order valence-electron chi connectivity index (χ3n) is 3.84. The second-order valence-electron chi connectivity index (χ2n) is 5.36. The van der Waals surface area contributed by atoms with Crippen LogP contribution in [0.5, 0.6) is 11.6 Å². The minimum absolute atomic E-state index is 0.164. The van der Waals surface area contributed by atoms with Gasteiger partial charge in [-0.1, -0.05) is 0 Å². The molecule has 8 heteroatoms. The third-order valence-corrected chi connectivity index (χ3v) is 4.89. The molecule has 0 radical (unpaired) electrons. The van der Waals surface area contributed by atoms with Crippen molar-refractivity contribution in [3.05, 3.63) is 47.7 Å². The van der Waals surface area contributed by atoms with E-state index in [4.69, 9.17) is 16.0 Å². The van der Waals surface area contributed by atoms with Crippen molar-refractivity contribution in [3.8, 4) is 22.2 Å². The molecule has 2 aromatic carbocycles. The zero-order valence-electron chi connectivity index (χ0n) is 13.8. The highest BCUT2D eigenvalue weighted by atomic mass is 32.1. The normalized spacial score (nSPS) is 10.8. The van der Waals surface area contributed by atoms with Gasteiger partial charge in [-0.05, 0) is 12.1 Å². The van der Waals surface area contributed by atoms with E-state index in [2.05, 4.69) is 19.8 Å². The number of methoxy groups -OCH3 is 2. The Morgan fingerprint density at radius 1 is 1.08 bits per heavy atom. The minimum atomic E-state index is -0.471. The lowest BCUT2D eigenvalue weighted by Gasteiger charge is -2.05. The Balaban J connectivity index is 1.98. The molecule has 0 N–H and O–H groups in total. The summed E-state index contributed by atoms with van der Waals surface area (Å²) in [5.74, 6) is 0.0554. The molecule has 0 saturated carbocycles. The summed E-state index contributed by atoms with van der Waals surface area (Å²) >= 11 is 1.37. The summed E-state index contributed by atoms with van der Waals surface area (Å²) in [6.45, 7) is 7.33. The number of aromatic nitrogens is 3. The maximum atomic E-state index is 14.0. The second kappa shape index (κ2) is 6.20. The van der Waals surface area contributed by atoms with E-state index in [-0.39, 0.29) is 5.75 Å². The Morgan fingerprint density at radius 3 is 2.65 bits per heavy atom. The molecule has 0 fully saturated rings. The van der Waals surface area contributed by atoms with E-state index in [1.54, 1.807) is 18.2 Å². The van der Waals surface area contributed by atoms with E-state index in [0.29, 0.717) is 38.7 Å². The van der Waals surface area contributed by atoms with Gasteiger partial charge < -0.3 is 9.47 Å². The third kappa shape index (κ3) is 2.59. The summed E-state index contributed by atoms with van der Waals surface area (Å²) in [7, 11) is 2.92. The molecule has 0 aliphatic heterocycles. The van der Waals surface area contributed by atoms with Gasteiger partial charge in [0.15, 0.2) is 17.3 Å². The van der Waals surface area contributed by atoms with E-state index >= 15 is 0 Å². The van der Waals surface area contributed by atoms with Crippen LogP contribution in [0, 0.1) is 12.4 Å². The zero-order chi connectivity index (χ0) is 18.3. The number of benzene rings is 2. The zero-order valence-corrected chi connectivity index (χ0v) is 14.6. The van der Waals surface area contributed by atoms with Crippen molar-refractivity contribution in [2.45, 2.75) is 0 Å². The van der Waals surface area contributed by atoms with Crippen LogP contribution in [-0.4, -0.2) is 29.2 Å². The van der Waals surface area contributed by atoms with Crippen molar-refractivity contribution in [2.24, 2.45) is 0 Å². The molecule has 0 aliphatic carbocycles. The van der Waals surface area contributed by atoms with Gasteiger partial charge in [-0.15, -0.1) is 11.3 Å². The van der Waals surface area contributed by atoms with Crippen LogP contribution in [0.25, 0.3) is 36.7 Å². The summed E-state index contributed by atoms with van der Waals surface area (Å²) in [6, 6.07) is 6.31. The highest BCUT2D eigenvalue weighted by Gasteiger charge is 2.16. The van der Waals surface area contributed by atoms with Gasteiger partial charge in [-0.3, -0.25) is 0 Å². The fourth-order valence-electron chi connectivity index (χ4n) is 2.62. The number of nitrogens with zero attached hydrogens (tertiary/aromatic N) is 4. The molecule has 0 atom stereocenters. The van der Waals surface area contributed by atoms with Gasteiger partial charge in [0, 0.05) is 17.7 Å². The van der Waals surface area contributed by atoms with Gasteiger partial charge in [-0.2, -0.15) is 0 Å². The number of halogens is 1. The smallest absolute Gasteiger partial charge is 0.232 e. The lowest BCUT2D eigenvalue weighted by molar-refractivity contribution is 0.387. The highest BCUT2D eigenvalue weighted by molar-refractivity contribution is 7.21. The molecule has 0 spiro atoms. The topological polar surface area (TPSA) is 61.5 Å². The lowest BCUT2D eigenvalue weighted by atomic mass is 10.1. The van der Waals surface area contributed by atoms with Crippen LogP contribution in [0.2, 0.25) is 0 Å². The summed E-state index contributed by atoms with van der Waals surface area (Å²) in [4.78, 5) is 16.8. The van der Waals surface area contributed by atoms with Crippen molar-refractivity contribution < 1.29 is 13.9 Å². The Bertz CT molecular complexity index is 1200. The number of hydrogen-bond acceptors (Lipinski definition) is 6.